The summed E-state index contributed by atoms with van der Waals surface area (Å²) >= 11 is 0. The van der Waals surface area contributed by atoms with Gasteiger partial charge >= 0.3 is 0 Å². The second-order valence-corrected chi connectivity index (χ2v) is 13.4. The maximum atomic E-state index is 13.5. The summed E-state index contributed by atoms with van der Waals surface area (Å²) in [6.45, 7) is 0. The van der Waals surface area contributed by atoms with Crippen LogP contribution in [0, 0.1) is 0 Å². The van der Waals surface area contributed by atoms with E-state index in [0.29, 0.717) is 0 Å². The van der Waals surface area contributed by atoms with Crippen molar-refractivity contribution in [2.75, 3.05) is 21.3 Å². The highest BCUT2D eigenvalue weighted by Gasteiger charge is 2.37. The first kappa shape index (κ1) is 25.9. The molecule has 0 radical (unpaired) electrons. The molecule has 0 aromatic heterocycles. The summed E-state index contributed by atoms with van der Waals surface area (Å²) in [5.41, 5.74) is 5.68. The van der Waals surface area contributed by atoms with E-state index in [-0.39, 0.29) is 32.6 Å². The van der Waals surface area contributed by atoms with Gasteiger partial charge in [-0.25, -0.2) is 0 Å². The van der Waals surface area contributed by atoms with Crippen molar-refractivity contribution in [1.82, 2.24) is 0 Å². The predicted octanol–water partition coefficient (Wildman–Crippen LogP) is 6.24. The summed E-state index contributed by atoms with van der Waals surface area (Å²) < 4.78 is 0. The molecule has 2 fully saturated rings. The fraction of sp³-hybridized carbons (Fsp3) is 0.316. The first-order chi connectivity index (χ1) is 21.5. The van der Waals surface area contributed by atoms with E-state index in [0.717, 1.165) is 81.1 Å². The summed E-state index contributed by atoms with van der Waals surface area (Å²) in [5.74, 6) is 0. The molecule has 0 atom stereocenters. The van der Waals surface area contributed by atoms with Crippen molar-refractivity contribution >= 4 is 56.4 Å². The molecule has 0 bridgehead atoms. The smallest absolute Gasteiger partial charge is 0.200 e. The Balaban J connectivity index is 1.10. The van der Waals surface area contributed by atoms with Gasteiger partial charge in [0.2, 0.25) is 10.9 Å². The molecule has 6 heteroatoms. The molecule has 2 aliphatic heterocycles. The highest BCUT2D eigenvalue weighted by Crippen LogP contribution is 2.45. The van der Waals surface area contributed by atoms with Crippen molar-refractivity contribution in [3.8, 4) is 0 Å². The molecule has 4 aliphatic rings. The third-order valence-electron chi connectivity index (χ3n) is 10.6. The number of rotatable bonds is 2. The standard InChI is InChI=1S/C38H36N4O2/c43-35-27(21-23-13-15-31-33-25(23)9-7-11-29(33)39-37(41-31)17-3-1-4-18-37)36(44)28(35)22-24-14-16-32-34-26(24)10-8-12-30(34)40-38(42-32)19-5-2-6-20-38/h7-16,21-22,39-42H,1-6,17-20H2. The van der Waals surface area contributed by atoms with Gasteiger partial charge in [-0.1, -0.05) is 49.2 Å². The van der Waals surface area contributed by atoms with E-state index in [1.165, 1.54) is 38.5 Å². The fourth-order valence-electron chi connectivity index (χ4n) is 8.44. The minimum Gasteiger partial charge on any atom is -0.362 e. The number of benzene rings is 4. The van der Waals surface area contributed by atoms with Gasteiger partial charge in [0.15, 0.2) is 0 Å². The monoisotopic (exact) mass is 580 g/mol. The topological polar surface area (TPSA) is 82.3 Å². The number of hydrogen-bond acceptors (Lipinski definition) is 6. The van der Waals surface area contributed by atoms with Gasteiger partial charge in [0, 0.05) is 33.5 Å². The molecule has 2 saturated carbocycles. The summed E-state index contributed by atoms with van der Waals surface area (Å²) in [6, 6.07) is 20.8. The average Bonchev–Trinajstić information content (AvgIpc) is 3.04. The Morgan fingerprint density at radius 3 is 1.27 bits per heavy atom. The van der Waals surface area contributed by atoms with Crippen molar-refractivity contribution in [1.29, 1.82) is 0 Å². The molecule has 2 aliphatic carbocycles. The van der Waals surface area contributed by atoms with E-state index >= 15 is 0 Å². The molecule has 44 heavy (non-hydrogen) atoms. The highest BCUT2D eigenvalue weighted by atomic mass is 16.1. The van der Waals surface area contributed by atoms with Crippen molar-refractivity contribution in [3.63, 3.8) is 0 Å². The van der Waals surface area contributed by atoms with Crippen LogP contribution in [0.15, 0.2) is 70.3 Å². The van der Waals surface area contributed by atoms with Crippen molar-refractivity contribution in [3.05, 3.63) is 103 Å². The molecule has 0 unspecified atom stereocenters. The average molecular weight is 581 g/mol. The molecule has 5 aromatic rings. The Kier molecular flexibility index (Phi) is 5.56. The Labute approximate surface area is 255 Å². The van der Waals surface area contributed by atoms with Crippen LogP contribution in [-0.2, 0) is 0 Å². The van der Waals surface area contributed by atoms with Crippen LogP contribution in [0.1, 0.15) is 75.3 Å². The van der Waals surface area contributed by atoms with Gasteiger partial charge in [-0.3, -0.25) is 9.59 Å². The second kappa shape index (κ2) is 9.46. The zero-order valence-electron chi connectivity index (χ0n) is 24.8. The van der Waals surface area contributed by atoms with Crippen LogP contribution in [0.2, 0.25) is 0 Å². The van der Waals surface area contributed by atoms with Gasteiger partial charge in [0.25, 0.3) is 0 Å². The van der Waals surface area contributed by atoms with Gasteiger partial charge in [-0.2, -0.15) is 0 Å². The van der Waals surface area contributed by atoms with Crippen molar-refractivity contribution in [2.45, 2.75) is 75.5 Å². The molecule has 4 N–H and O–H groups in total. The Hall–Kier alpha value is -4.58. The predicted molar refractivity (Wildman–Crippen MR) is 182 cm³/mol. The lowest BCUT2D eigenvalue weighted by Crippen LogP contribution is -2.64. The summed E-state index contributed by atoms with van der Waals surface area (Å²) in [5, 5.41) is 20.0. The summed E-state index contributed by atoms with van der Waals surface area (Å²) in [4.78, 5) is 26.9. The second-order valence-electron chi connectivity index (χ2n) is 13.4. The summed E-state index contributed by atoms with van der Waals surface area (Å²) in [7, 11) is 0. The SMILES string of the molecule is O=c1c(=Cc2ccc3c4c(cccc24)NC2(CCCCC2)N3)c(=O)c1=Cc1ccc2c3c(cccc13)NC1(CCCCC1)N2. The highest BCUT2D eigenvalue weighted by molar-refractivity contribution is 6.09. The maximum absolute atomic E-state index is 13.5. The van der Waals surface area contributed by atoms with Crippen molar-refractivity contribution in [2.24, 2.45) is 0 Å². The molecule has 220 valence electrons. The number of nitrogens with one attached hydrogen (secondary N) is 4. The normalized spacial score (nSPS) is 19.3. The largest absolute Gasteiger partial charge is 0.362 e. The zero-order valence-corrected chi connectivity index (χ0v) is 24.8. The first-order valence-electron chi connectivity index (χ1n) is 16.3. The Bertz CT molecular complexity index is 1980. The quantitative estimate of drug-likeness (QED) is 0.198. The van der Waals surface area contributed by atoms with E-state index < -0.39 is 0 Å². The van der Waals surface area contributed by atoms with Crippen LogP contribution in [0.25, 0.3) is 33.7 Å². The fourth-order valence-corrected chi connectivity index (χ4v) is 8.44. The minimum absolute atomic E-state index is 0.0930. The maximum Gasteiger partial charge on any atom is 0.200 e. The third-order valence-corrected chi connectivity index (χ3v) is 10.6. The van der Waals surface area contributed by atoms with Gasteiger partial charge in [0.1, 0.15) is 11.3 Å². The van der Waals surface area contributed by atoms with Gasteiger partial charge in [-0.05, 0) is 110 Å². The molecular weight excluding hydrogens is 544 g/mol. The van der Waals surface area contributed by atoms with E-state index in [1.807, 2.05) is 12.1 Å². The third kappa shape index (κ3) is 3.86. The number of hydrogen-bond donors (Lipinski definition) is 4. The molecule has 9 rings (SSSR count). The first-order valence-corrected chi connectivity index (χ1v) is 16.3. The van der Waals surface area contributed by atoms with Crippen molar-refractivity contribution < 1.29 is 0 Å². The van der Waals surface area contributed by atoms with Crippen LogP contribution in [0.5, 0.6) is 0 Å². The van der Waals surface area contributed by atoms with E-state index in [1.54, 1.807) is 12.2 Å². The van der Waals surface area contributed by atoms with E-state index in [9.17, 15) is 9.59 Å². The van der Waals surface area contributed by atoms with Crippen LogP contribution in [-0.4, -0.2) is 11.3 Å². The Morgan fingerprint density at radius 2 is 0.864 bits per heavy atom. The zero-order chi connectivity index (χ0) is 29.5. The molecule has 6 nitrogen and oxygen atoms in total. The molecule has 0 amide bonds. The minimum atomic E-state index is -0.189. The van der Waals surface area contributed by atoms with Crippen LogP contribution in [0.3, 0.4) is 0 Å². The van der Waals surface area contributed by atoms with E-state index in [2.05, 4.69) is 69.8 Å². The van der Waals surface area contributed by atoms with Gasteiger partial charge in [-0.15, -0.1) is 0 Å². The van der Waals surface area contributed by atoms with Crippen LogP contribution in [0.4, 0.5) is 22.7 Å². The van der Waals surface area contributed by atoms with Crippen LogP contribution >= 0.6 is 0 Å². The molecule has 2 spiro atoms. The lowest BCUT2D eigenvalue weighted by atomic mass is 9.85. The lowest BCUT2D eigenvalue weighted by molar-refractivity contribution is 0.358. The summed E-state index contributed by atoms with van der Waals surface area (Å²) in [6.07, 6.45) is 15.4. The van der Waals surface area contributed by atoms with E-state index in [4.69, 9.17) is 0 Å². The number of anilines is 4. The molecule has 2 heterocycles. The van der Waals surface area contributed by atoms with Crippen LogP contribution < -0.4 is 42.6 Å². The van der Waals surface area contributed by atoms with Gasteiger partial charge < -0.3 is 21.3 Å². The molecular formula is C38H36N4O2. The molecule has 0 saturated heterocycles. The molecule has 5 aromatic carbocycles. The van der Waals surface area contributed by atoms with Gasteiger partial charge in [0.05, 0.1) is 10.4 Å². The lowest BCUT2D eigenvalue weighted by Gasteiger charge is -2.44. The Morgan fingerprint density at radius 1 is 0.477 bits per heavy atom.